The van der Waals surface area contributed by atoms with E-state index in [9.17, 15) is 9.59 Å². The van der Waals surface area contributed by atoms with Crippen molar-refractivity contribution >= 4 is 23.4 Å². The highest BCUT2D eigenvalue weighted by Gasteiger charge is 2.22. The summed E-state index contributed by atoms with van der Waals surface area (Å²) in [6.45, 7) is 3.20. The molecule has 0 fully saturated rings. The zero-order valence-electron chi connectivity index (χ0n) is 9.41. The second-order valence-corrected chi connectivity index (χ2v) is 3.94. The van der Waals surface area contributed by atoms with Crippen LogP contribution in [0.1, 0.15) is 33.8 Å². The lowest BCUT2D eigenvalue weighted by Crippen LogP contribution is -2.12. The molecule has 1 unspecified atom stereocenters. The molecule has 0 aliphatic carbocycles. The van der Waals surface area contributed by atoms with Gasteiger partial charge >= 0.3 is 5.97 Å². The van der Waals surface area contributed by atoms with Crippen LogP contribution in [0.15, 0.2) is 18.2 Å². The number of carbonyl (C=O) groups excluding carboxylic acids is 2. The van der Waals surface area contributed by atoms with E-state index in [1.807, 2.05) is 0 Å². The van der Waals surface area contributed by atoms with Gasteiger partial charge in [-0.2, -0.15) is 0 Å². The Morgan fingerprint density at radius 2 is 2.00 bits per heavy atom. The first-order chi connectivity index (χ1) is 7.49. The minimum atomic E-state index is -0.810. The third-order valence-electron chi connectivity index (χ3n) is 2.34. The summed E-state index contributed by atoms with van der Waals surface area (Å²) in [5.74, 6) is -0.674. The first-order valence-electron chi connectivity index (χ1n) is 4.81. The number of esters is 1. The third kappa shape index (κ3) is 2.42. The summed E-state index contributed by atoms with van der Waals surface area (Å²) in [4.78, 5) is 22.8. The van der Waals surface area contributed by atoms with E-state index in [0.717, 1.165) is 5.56 Å². The third-order valence-corrected chi connectivity index (χ3v) is 2.87. The molecule has 4 heteroatoms. The summed E-state index contributed by atoms with van der Waals surface area (Å²) < 4.78 is 4.65. The van der Waals surface area contributed by atoms with Gasteiger partial charge in [-0.3, -0.25) is 4.79 Å². The van der Waals surface area contributed by atoms with Gasteiger partial charge in [0.15, 0.2) is 5.78 Å². The van der Waals surface area contributed by atoms with E-state index < -0.39 is 11.3 Å². The fraction of sp³-hybridized carbons (Fsp3) is 0.333. The van der Waals surface area contributed by atoms with Gasteiger partial charge in [0.1, 0.15) is 5.38 Å². The molecule has 0 N–H and O–H groups in total. The second kappa shape index (κ2) is 5.12. The molecule has 1 aromatic carbocycles. The summed E-state index contributed by atoms with van der Waals surface area (Å²) >= 11 is 6.00. The van der Waals surface area contributed by atoms with Crippen LogP contribution in [0.5, 0.6) is 0 Å². The average Bonchev–Trinajstić information content (AvgIpc) is 2.26. The van der Waals surface area contributed by atoms with Crippen molar-refractivity contribution in [3.63, 3.8) is 0 Å². The molecular weight excluding hydrogens is 228 g/mol. The highest BCUT2D eigenvalue weighted by atomic mass is 35.5. The van der Waals surface area contributed by atoms with Gasteiger partial charge in [-0.05, 0) is 31.0 Å². The lowest BCUT2D eigenvalue weighted by atomic mass is 9.97. The van der Waals surface area contributed by atoms with Crippen LogP contribution in [0.4, 0.5) is 0 Å². The maximum atomic E-state index is 11.5. The summed E-state index contributed by atoms with van der Waals surface area (Å²) in [6.07, 6.45) is 0. The van der Waals surface area contributed by atoms with Gasteiger partial charge in [0.25, 0.3) is 0 Å². The first-order valence-corrected chi connectivity index (χ1v) is 5.25. The van der Waals surface area contributed by atoms with E-state index in [2.05, 4.69) is 4.74 Å². The Labute approximate surface area is 99.4 Å². The number of alkyl halides is 1. The summed E-state index contributed by atoms with van der Waals surface area (Å²) in [6, 6.07) is 5.14. The van der Waals surface area contributed by atoms with Gasteiger partial charge in [0.2, 0.25) is 0 Å². The molecule has 0 bridgehead atoms. The fourth-order valence-electron chi connectivity index (χ4n) is 1.51. The molecule has 16 heavy (non-hydrogen) atoms. The molecule has 0 aromatic heterocycles. The Kier molecular flexibility index (Phi) is 4.07. The van der Waals surface area contributed by atoms with Crippen LogP contribution in [0.3, 0.4) is 0 Å². The van der Waals surface area contributed by atoms with Gasteiger partial charge < -0.3 is 4.74 Å². The molecule has 1 rings (SSSR count). The number of aryl methyl sites for hydroxylation is 1. The van der Waals surface area contributed by atoms with E-state index >= 15 is 0 Å². The average molecular weight is 241 g/mol. The van der Waals surface area contributed by atoms with Crippen molar-refractivity contribution in [2.45, 2.75) is 19.2 Å². The molecule has 0 radical (unpaired) electrons. The lowest BCUT2D eigenvalue weighted by molar-refractivity contribution is -0.116. The van der Waals surface area contributed by atoms with E-state index in [0.29, 0.717) is 11.1 Å². The maximum absolute atomic E-state index is 11.5. The van der Waals surface area contributed by atoms with Crippen LogP contribution in [-0.2, 0) is 9.53 Å². The number of carbonyl (C=O) groups is 2. The van der Waals surface area contributed by atoms with Crippen LogP contribution >= 0.6 is 11.6 Å². The van der Waals surface area contributed by atoms with Crippen molar-refractivity contribution in [2.24, 2.45) is 0 Å². The maximum Gasteiger partial charge on any atom is 0.338 e. The number of ketones is 1. The number of benzene rings is 1. The molecule has 0 amide bonds. The zero-order valence-corrected chi connectivity index (χ0v) is 10.2. The smallest absolute Gasteiger partial charge is 0.338 e. The number of hydrogen-bond acceptors (Lipinski definition) is 3. The van der Waals surface area contributed by atoms with E-state index in [1.165, 1.54) is 14.0 Å². The van der Waals surface area contributed by atoms with Crippen LogP contribution in [0, 0.1) is 6.92 Å². The molecule has 0 aliphatic rings. The fourth-order valence-corrected chi connectivity index (χ4v) is 1.80. The predicted molar refractivity (Wildman–Crippen MR) is 61.8 cm³/mol. The van der Waals surface area contributed by atoms with E-state index in [-0.39, 0.29) is 5.78 Å². The quantitative estimate of drug-likeness (QED) is 0.603. The highest BCUT2D eigenvalue weighted by molar-refractivity contribution is 6.31. The Bertz CT molecular complexity index is 426. The van der Waals surface area contributed by atoms with Crippen molar-refractivity contribution in [3.05, 3.63) is 34.9 Å². The molecule has 0 saturated heterocycles. The Balaban J connectivity index is 3.34. The van der Waals surface area contributed by atoms with Gasteiger partial charge in [0.05, 0.1) is 12.7 Å². The van der Waals surface area contributed by atoms with Gasteiger partial charge in [-0.25, -0.2) is 4.79 Å². The molecule has 1 atom stereocenters. The molecule has 0 saturated carbocycles. The van der Waals surface area contributed by atoms with Crippen LogP contribution in [0.2, 0.25) is 0 Å². The molecule has 1 aromatic rings. The monoisotopic (exact) mass is 240 g/mol. The van der Waals surface area contributed by atoms with Crippen molar-refractivity contribution in [3.8, 4) is 0 Å². The molecular formula is C12H13ClO3. The SMILES string of the molecule is COC(=O)c1cccc(C)c1C(Cl)C(C)=O. The van der Waals surface area contributed by atoms with Gasteiger partial charge in [0, 0.05) is 0 Å². The largest absolute Gasteiger partial charge is 0.465 e. The Hall–Kier alpha value is -1.35. The van der Waals surface area contributed by atoms with Crippen LogP contribution < -0.4 is 0 Å². The second-order valence-electron chi connectivity index (χ2n) is 3.50. The van der Waals surface area contributed by atoms with Crippen molar-refractivity contribution in [1.29, 1.82) is 0 Å². The van der Waals surface area contributed by atoms with Gasteiger partial charge in [-0.1, -0.05) is 12.1 Å². The lowest BCUT2D eigenvalue weighted by Gasteiger charge is -2.13. The molecule has 0 heterocycles. The number of methoxy groups -OCH3 is 1. The minimum absolute atomic E-state index is 0.193. The van der Waals surface area contributed by atoms with Crippen molar-refractivity contribution in [2.75, 3.05) is 7.11 Å². The normalized spacial score (nSPS) is 12.0. The number of ether oxygens (including phenoxy) is 1. The summed E-state index contributed by atoms with van der Waals surface area (Å²) in [5.41, 5.74) is 1.68. The standard InChI is InChI=1S/C12H13ClO3/c1-7-5-4-6-9(12(15)16-3)10(7)11(13)8(2)14/h4-6,11H,1-3H3. The van der Waals surface area contributed by atoms with E-state index in [4.69, 9.17) is 11.6 Å². The number of rotatable bonds is 3. The summed E-state index contributed by atoms with van der Waals surface area (Å²) in [7, 11) is 1.30. The van der Waals surface area contributed by atoms with Crippen LogP contribution in [0.25, 0.3) is 0 Å². The number of hydrogen-bond donors (Lipinski definition) is 0. The van der Waals surface area contributed by atoms with Crippen LogP contribution in [-0.4, -0.2) is 18.9 Å². The predicted octanol–water partition coefficient (Wildman–Crippen LogP) is 2.65. The number of Topliss-reactive ketones (excluding diaryl/α,β-unsaturated/α-hetero) is 1. The zero-order chi connectivity index (χ0) is 12.3. The molecule has 86 valence electrons. The number of halogens is 1. The highest BCUT2D eigenvalue weighted by Crippen LogP contribution is 2.28. The first kappa shape index (κ1) is 12.7. The van der Waals surface area contributed by atoms with Gasteiger partial charge in [-0.15, -0.1) is 11.6 Å². The molecule has 0 aliphatic heterocycles. The minimum Gasteiger partial charge on any atom is -0.465 e. The Morgan fingerprint density at radius 3 is 2.50 bits per heavy atom. The van der Waals surface area contributed by atoms with Crippen molar-refractivity contribution in [1.82, 2.24) is 0 Å². The Morgan fingerprint density at radius 1 is 1.38 bits per heavy atom. The van der Waals surface area contributed by atoms with Crippen molar-refractivity contribution < 1.29 is 14.3 Å². The topological polar surface area (TPSA) is 43.4 Å². The van der Waals surface area contributed by atoms with E-state index in [1.54, 1.807) is 25.1 Å². The summed E-state index contributed by atoms with van der Waals surface area (Å²) in [5, 5.41) is -0.810. The molecule has 3 nitrogen and oxygen atoms in total. The molecule has 0 spiro atoms.